The van der Waals surface area contributed by atoms with Crippen LogP contribution >= 0.6 is 11.3 Å². The Morgan fingerprint density at radius 1 is 1.44 bits per heavy atom. The summed E-state index contributed by atoms with van der Waals surface area (Å²) in [5.74, 6) is 0. The molecule has 0 radical (unpaired) electrons. The van der Waals surface area contributed by atoms with E-state index in [4.69, 9.17) is 5.73 Å². The van der Waals surface area contributed by atoms with Gasteiger partial charge in [0.25, 0.3) is 0 Å². The number of piperazine rings is 1. The van der Waals surface area contributed by atoms with Gasteiger partial charge in [0.05, 0.1) is 0 Å². The molecule has 2 rings (SSSR count). The van der Waals surface area contributed by atoms with Crippen LogP contribution in [0.1, 0.15) is 18.7 Å². The third-order valence-corrected chi connectivity index (χ3v) is 4.45. The minimum absolute atomic E-state index is 0.585. The summed E-state index contributed by atoms with van der Waals surface area (Å²) < 4.78 is 0. The summed E-state index contributed by atoms with van der Waals surface area (Å²) in [4.78, 5) is 10.3. The average Bonchev–Trinajstić information content (AvgIpc) is 2.65. The van der Waals surface area contributed by atoms with Crippen molar-refractivity contribution >= 4 is 16.5 Å². The van der Waals surface area contributed by atoms with Gasteiger partial charge in [-0.1, -0.05) is 0 Å². The Bertz CT molecular complexity index is 352. The van der Waals surface area contributed by atoms with Gasteiger partial charge in [0.2, 0.25) is 0 Å². The molecule has 2 N–H and O–H groups in total. The first-order valence-corrected chi connectivity index (χ1v) is 6.54. The largest absolute Gasteiger partial charge is 0.375 e. The zero-order valence-electron chi connectivity index (χ0n) is 10.2. The van der Waals surface area contributed by atoms with E-state index in [1.54, 1.807) is 11.3 Å². The molecule has 0 spiro atoms. The predicted molar refractivity (Wildman–Crippen MR) is 68.5 cm³/mol. The molecule has 90 valence electrons. The smallest absolute Gasteiger partial charge is 0.180 e. The van der Waals surface area contributed by atoms with Crippen molar-refractivity contribution in [2.45, 2.75) is 32.5 Å². The lowest BCUT2D eigenvalue weighted by molar-refractivity contribution is 0.0479. The van der Waals surface area contributed by atoms with Crippen LogP contribution in [0.4, 0.5) is 5.13 Å². The van der Waals surface area contributed by atoms with Crippen molar-refractivity contribution in [2.24, 2.45) is 0 Å². The van der Waals surface area contributed by atoms with Crippen molar-refractivity contribution in [1.29, 1.82) is 0 Å². The van der Waals surface area contributed by atoms with Crippen LogP contribution in [0.3, 0.4) is 0 Å². The van der Waals surface area contributed by atoms with Crippen LogP contribution in [-0.2, 0) is 6.54 Å². The molecule has 2 unspecified atom stereocenters. The molecule has 4 nitrogen and oxygen atoms in total. The Labute approximate surface area is 101 Å². The maximum Gasteiger partial charge on any atom is 0.180 e. The molecule has 0 amide bonds. The lowest BCUT2D eigenvalue weighted by atomic mass is 10.1. The van der Waals surface area contributed by atoms with E-state index in [1.165, 1.54) is 4.88 Å². The molecule has 1 aliphatic rings. The van der Waals surface area contributed by atoms with Gasteiger partial charge < -0.3 is 10.6 Å². The Kier molecular flexibility index (Phi) is 3.47. The molecule has 1 aromatic heterocycles. The summed E-state index contributed by atoms with van der Waals surface area (Å²) in [5, 5.41) is 0.671. The molecule has 16 heavy (non-hydrogen) atoms. The van der Waals surface area contributed by atoms with Gasteiger partial charge in [0, 0.05) is 42.8 Å². The second-order valence-electron chi connectivity index (χ2n) is 4.60. The molecule has 1 saturated heterocycles. The summed E-state index contributed by atoms with van der Waals surface area (Å²) in [5.41, 5.74) is 5.65. The SMILES string of the molecule is CC1C(C)N(Cc2cnc(N)s2)CCN1C. The summed E-state index contributed by atoms with van der Waals surface area (Å²) >= 11 is 1.60. The molecule has 1 aliphatic heterocycles. The number of likely N-dealkylation sites (N-methyl/N-ethyl adjacent to an activating group) is 1. The summed E-state index contributed by atoms with van der Waals surface area (Å²) in [7, 11) is 2.20. The number of nitrogen functional groups attached to an aromatic ring is 1. The van der Waals surface area contributed by atoms with Crippen LogP contribution in [0.15, 0.2) is 6.20 Å². The Hall–Kier alpha value is -0.650. The average molecular weight is 240 g/mol. The van der Waals surface area contributed by atoms with Gasteiger partial charge in [-0.05, 0) is 20.9 Å². The summed E-state index contributed by atoms with van der Waals surface area (Å²) in [6.07, 6.45) is 1.90. The van der Waals surface area contributed by atoms with E-state index in [1.807, 2.05) is 6.20 Å². The van der Waals surface area contributed by atoms with Gasteiger partial charge in [-0.2, -0.15) is 0 Å². The van der Waals surface area contributed by atoms with E-state index in [0.717, 1.165) is 19.6 Å². The minimum Gasteiger partial charge on any atom is -0.375 e. The van der Waals surface area contributed by atoms with Crippen molar-refractivity contribution in [1.82, 2.24) is 14.8 Å². The molecule has 0 bridgehead atoms. The quantitative estimate of drug-likeness (QED) is 0.845. The van der Waals surface area contributed by atoms with Gasteiger partial charge in [-0.3, -0.25) is 4.90 Å². The lowest BCUT2D eigenvalue weighted by Gasteiger charge is -2.43. The number of aromatic nitrogens is 1. The van der Waals surface area contributed by atoms with E-state index in [-0.39, 0.29) is 0 Å². The highest BCUT2D eigenvalue weighted by Crippen LogP contribution is 2.21. The molecule has 1 aromatic rings. The number of nitrogens with two attached hydrogens (primary N) is 1. The number of anilines is 1. The van der Waals surface area contributed by atoms with E-state index in [2.05, 4.69) is 35.7 Å². The van der Waals surface area contributed by atoms with Crippen LogP contribution in [-0.4, -0.2) is 47.0 Å². The Balaban J connectivity index is 2.00. The maximum absolute atomic E-state index is 5.65. The molecular weight excluding hydrogens is 220 g/mol. The number of thiazole rings is 1. The van der Waals surface area contributed by atoms with Gasteiger partial charge >= 0.3 is 0 Å². The van der Waals surface area contributed by atoms with Crippen LogP contribution in [0.2, 0.25) is 0 Å². The van der Waals surface area contributed by atoms with Crippen LogP contribution in [0.25, 0.3) is 0 Å². The maximum atomic E-state index is 5.65. The second kappa shape index (κ2) is 4.69. The van der Waals surface area contributed by atoms with Gasteiger partial charge in [0.15, 0.2) is 5.13 Å². The van der Waals surface area contributed by atoms with Crippen LogP contribution in [0, 0.1) is 0 Å². The fourth-order valence-electron chi connectivity index (χ4n) is 2.19. The summed E-state index contributed by atoms with van der Waals surface area (Å²) in [6.45, 7) is 7.83. The molecule has 5 heteroatoms. The molecule has 0 saturated carbocycles. The fourth-order valence-corrected chi connectivity index (χ4v) is 2.90. The topological polar surface area (TPSA) is 45.4 Å². The standard InChI is InChI=1S/C11H20N4S/c1-8-9(2)15(5-4-14(8)3)7-10-6-13-11(12)16-10/h6,8-9H,4-5,7H2,1-3H3,(H2,12,13). The van der Waals surface area contributed by atoms with E-state index < -0.39 is 0 Å². The predicted octanol–water partition coefficient (Wildman–Crippen LogP) is 1.25. The first-order valence-electron chi connectivity index (χ1n) is 5.72. The zero-order valence-corrected chi connectivity index (χ0v) is 11.0. The molecule has 1 fully saturated rings. The number of hydrogen-bond acceptors (Lipinski definition) is 5. The fraction of sp³-hybridized carbons (Fsp3) is 0.727. The highest BCUT2D eigenvalue weighted by Gasteiger charge is 2.28. The highest BCUT2D eigenvalue weighted by molar-refractivity contribution is 7.15. The highest BCUT2D eigenvalue weighted by atomic mass is 32.1. The van der Waals surface area contributed by atoms with Gasteiger partial charge in [-0.25, -0.2) is 4.98 Å². The Morgan fingerprint density at radius 3 is 2.81 bits per heavy atom. The first kappa shape index (κ1) is 11.8. The summed E-state index contributed by atoms with van der Waals surface area (Å²) in [6, 6.07) is 1.20. The van der Waals surface area contributed by atoms with Crippen LogP contribution < -0.4 is 5.73 Å². The monoisotopic (exact) mass is 240 g/mol. The van der Waals surface area contributed by atoms with E-state index in [0.29, 0.717) is 17.2 Å². The zero-order chi connectivity index (χ0) is 11.7. The van der Waals surface area contributed by atoms with Gasteiger partial charge in [-0.15, -0.1) is 11.3 Å². The molecule has 2 atom stereocenters. The van der Waals surface area contributed by atoms with Crippen molar-refractivity contribution in [3.63, 3.8) is 0 Å². The van der Waals surface area contributed by atoms with Crippen molar-refractivity contribution in [3.8, 4) is 0 Å². The third-order valence-electron chi connectivity index (χ3n) is 3.64. The van der Waals surface area contributed by atoms with Crippen molar-refractivity contribution in [2.75, 3.05) is 25.9 Å². The van der Waals surface area contributed by atoms with E-state index in [9.17, 15) is 0 Å². The first-order chi connectivity index (χ1) is 7.58. The second-order valence-corrected chi connectivity index (χ2v) is 5.74. The van der Waals surface area contributed by atoms with E-state index >= 15 is 0 Å². The molecular formula is C11H20N4S. The number of hydrogen-bond donors (Lipinski definition) is 1. The lowest BCUT2D eigenvalue weighted by Crippen LogP contribution is -2.55. The molecule has 2 heterocycles. The van der Waals surface area contributed by atoms with Gasteiger partial charge in [0.1, 0.15) is 0 Å². The Morgan fingerprint density at radius 2 is 2.19 bits per heavy atom. The number of rotatable bonds is 2. The van der Waals surface area contributed by atoms with Crippen molar-refractivity contribution < 1.29 is 0 Å². The normalized spacial score (nSPS) is 28.4. The number of nitrogens with zero attached hydrogens (tertiary/aromatic N) is 3. The van der Waals surface area contributed by atoms with Crippen LogP contribution in [0.5, 0.6) is 0 Å². The molecule has 0 aliphatic carbocycles. The van der Waals surface area contributed by atoms with Crippen molar-refractivity contribution in [3.05, 3.63) is 11.1 Å². The minimum atomic E-state index is 0.585. The molecule has 0 aromatic carbocycles. The third kappa shape index (κ3) is 2.36.